The highest BCUT2D eigenvalue weighted by Gasteiger charge is 2.34. The van der Waals surface area contributed by atoms with E-state index in [4.69, 9.17) is 11.1 Å². The van der Waals surface area contributed by atoms with Crippen LogP contribution in [0.4, 0.5) is 5.69 Å². The van der Waals surface area contributed by atoms with Crippen molar-refractivity contribution in [2.75, 3.05) is 11.4 Å². The summed E-state index contributed by atoms with van der Waals surface area (Å²) in [5.74, 6) is -2.22. The van der Waals surface area contributed by atoms with Gasteiger partial charge in [-0.2, -0.15) is 0 Å². The second-order valence-corrected chi connectivity index (χ2v) is 8.81. The first-order valence-electron chi connectivity index (χ1n) is 10.3. The molecule has 1 aliphatic heterocycles. The third-order valence-electron chi connectivity index (χ3n) is 5.48. The minimum Gasteiger partial charge on any atom is -0.481 e. The van der Waals surface area contributed by atoms with Crippen LogP contribution in [0.15, 0.2) is 60.7 Å². The first-order chi connectivity index (χ1) is 15.8. The second kappa shape index (κ2) is 9.25. The molecule has 2 amide bonds. The van der Waals surface area contributed by atoms with Crippen LogP contribution in [-0.2, 0) is 16.1 Å². The van der Waals surface area contributed by atoms with E-state index in [1.54, 1.807) is 60.7 Å². The van der Waals surface area contributed by atoms with E-state index in [2.05, 4.69) is 5.32 Å². The lowest BCUT2D eigenvalue weighted by Crippen LogP contribution is -2.40. The van der Waals surface area contributed by atoms with Gasteiger partial charge in [-0.25, -0.2) is 0 Å². The van der Waals surface area contributed by atoms with Gasteiger partial charge < -0.3 is 16.2 Å². The average molecular weight is 463 g/mol. The molecule has 1 atom stereocenters. The molecule has 2 aromatic carbocycles. The van der Waals surface area contributed by atoms with E-state index in [-0.39, 0.29) is 37.2 Å². The zero-order valence-corrected chi connectivity index (χ0v) is 18.4. The van der Waals surface area contributed by atoms with E-state index < -0.39 is 11.9 Å². The SMILES string of the molecule is N=C(N)c1ccc(CNC(=O)CN2C(=O)c3ccccc3C(CC(=O)O)c3ccccc32)s1. The topological polar surface area (TPSA) is 137 Å². The number of fused-ring (bicyclic) bond motifs is 2. The molecule has 1 unspecified atom stereocenters. The molecule has 5 N–H and O–H groups in total. The first kappa shape index (κ1) is 22.2. The Hall–Kier alpha value is -3.98. The molecule has 0 saturated carbocycles. The summed E-state index contributed by atoms with van der Waals surface area (Å²) in [7, 11) is 0. The van der Waals surface area contributed by atoms with Gasteiger partial charge in [0.05, 0.1) is 17.8 Å². The summed E-state index contributed by atoms with van der Waals surface area (Å²) in [4.78, 5) is 40.8. The Kier molecular flexibility index (Phi) is 6.23. The van der Waals surface area contributed by atoms with Crippen LogP contribution in [0.1, 0.15) is 43.6 Å². The number of nitrogens with one attached hydrogen (secondary N) is 2. The third kappa shape index (κ3) is 4.63. The lowest BCUT2D eigenvalue weighted by molar-refractivity contribution is -0.137. The number of nitrogens with two attached hydrogens (primary N) is 1. The highest BCUT2D eigenvalue weighted by Crippen LogP contribution is 2.40. The lowest BCUT2D eigenvalue weighted by Gasteiger charge is -2.23. The Balaban J connectivity index is 1.63. The molecule has 0 fully saturated rings. The van der Waals surface area contributed by atoms with Crippen LogP contribution in [0.25, 0.3) is 0 Å². The van der Waals surface area contributed by atoms with Crippen molar-refractivity contribution in [2.24, 2.45) is 5.73 Å². The van der Waals surface area contributed by atoms with Crippen LogP contribution in [0.2, 0.25) is 0 Å². The number of nitrogens with zero attached hydrogens (tertiary/aromatic N) is 1. The van der Waals surface area contributed by atoms with Crippen molar-refractivity contribution in [3.8, 4) is 0 Å². The Bertz CT molecular complexity index is 1250. The molecule has 0 bridgehead atoms. The van der Waals surface area contributed by atoms with Crippen molar-refractivity contribution in [3.05, 3.63) is 87.1 Å². The molecule has 3 aromatic rings. The number of aliphatic carboxylic acids is 1. The molecule has 1 aliphatic rings. The van der Waals surface area contributed by atoms with E-state index in [0.717, 1.165) is 4.88 Å². The van der Waals surface area contributed by atoms with Crippen molar-refractivity contribution >= 4 is 40.6 Å². The van der Waals surface area contributed by atoms with Gasteiger partial charge >= 0.3 is 5.97 Å². The number of hydrogen-bond acceptors (Lipinski definition) is 5. The number of thiophene rings is 1. The monoisotopic (exact) mass is 462 g/mol. The molecular weight excluding hydrogens is 440 g/mol. The van der Waals surface area contributed by atoms with Crippen LogP contribution in [0.3, 0.4) is 0 Å². The number of carboxylic acid groups (broad SMARTS) is 1. The molecule has 0 radical (unpaired) electrons. The van der Waals surface area contributed by atoms with Crippen LogP contribution in [0, 0.1) is 5.41 Å². The molecule has 1 aromatic heterocycles. The molecule has 9 heteroatoms. The lowest BCUT2D eigenvalue weighted by atomic mass is 9.86. The fourth-order valence-corrected chi connectivity index (χ4v) is 4.81. The molecular formula is C24H22N4O4S. The van der Waals surface area contributed by atoms with Crippen molar-refractivity contribution < 1.29 is 19.5 Å². The molecule has 8 nitrogen and oxygen atoms in total. The molecule has 2 heterocycles. The van der Waals surface area contributed by atoms with Gasteiger partial charge in [-0.15, -0.1) is 11.3 Å². The maximum atomic E-state index is 13.5. The standard InChI is InChI=1S/C24H22N4O4S/c25-23(26)20-10-9-14(33-20)12-27-21(29)13-28-19-8-4-3-6-16(19)18(11-22(30)31)15-5-1-2-7-17(15)24(28)32/h1-10,18H,11-13H2,(H3,25,26)(H,27,29)(H,30,31). The third-order valence-corrected chi connectivity index (χ3v) is 6.60. The number of rotatable bonds is 7. The predicted molar refractivity (Wildman–Crippen MR) is 126 cm³/mol. The van der Waals surface area contributed by atoms with Crippen LogP contribution < -0.4 is 16.0 Å². The van der Waals surface area contributed by atoms with Crippen molar-refractivity contribution in [2.45, 2.75) is 18.9 Å². The zero-order chi connectivity index (χ0) is 23.5. The molecule has 33 heavy (non-hydrogen) atoms. The van der Waals surface area contributed by atoms with Gasteiger partial charge in [-0.1, -0.05) is 36.4 Å². The van der Waals surface area contributed by atoms with Crippen molar-refractivity contribution in [1.82, 2.24) is 5.32 Å². The molecule has 0 saturated heterocycles. The number of carbonyl (C=O) groups excluding carboxylic acids is 2. The molecule has 4 rings (SSSR count). The fraction of sp³-hybridized carbons (Fsp3) is 0.167. The quantitative estimate of drug-likeness (QED) is 0.316. The minimum atomic E-state index is -0.968. The van der Waals surface area contributed by atoms with Gasteiger partial charge in [-0.05, 0) is 35.4 Å². The van der Waals surface area contributed by atoms with E-state index in [1.807, 2.05) is 0 Å². The van der Waals surface area contributed by atoms with E-state index >= 15 is 0 Å². The Morgan fingerprint density at radius 3 is 2.45 bits per heavy atom. The number of carboxylic acids is 1. The van der Waals surface area contributed by atoms with Crippen molar-refractivity contribution in [3.63, 3.8) is 0 Å². The maximum absolute atomic E-state index is 13.5. The summed E-state index contributed by atoms with van der Waals surface area (Å²) in [6.45, 7) is 0.0353. The first-order valence-corrected chi connectivity index (χ1v) is 11.1. The number of hydrogen-bond donors (Lipinski definition) is 4. The number of nitrogen functional groups attached to an aromatic ring is 1. The highest BCUT2D eigenvalue weighted by molar-refractivity contribution is 7.14. The summed E-state index contributed by atoms with van der Waals surface area (Å²) >= 11 is 1.32. The van der Waals surface area contributed by atoms with Crippen LogP contribution >= 0.6 is 11.3 Å². The van der Waals surface area contributed by atoms with E-state index in [9.17, 15) is 19.5 Å². The van der Waals surface area contributed by atoms with Crippen molar-refractivity contribution in [1.29, 1.82) is 5.41 Å². The molecule has 0 aliphatic carbocycles. The number of carbonyl (C=O) groups is 3. The Labute approximate surface area is 194 Å². The fourth-order valence-electron chi connectivity index (χ4n) is 4.00. The predicted octanol–water partition coefficient (Wildman–Crippen LogP) is 2.92. The maximum Gasteiger partial charge on any atom is 0.304 e. The number of amidine groups is 1. The van der Waals surface area contributed by atoms with E-state index in [0.29, 0.717) is 27.3 Å². The second-order valence-electron chi connectivity index (χ2n) is 7.64. The van der Waals surface area contributed by atoms with Gasteiger partial charge in [0, 0.05) is 22.0 Å². The normalized spacial score (nSPS) is 14.7. The average Bonchev–Trinajstić information content (AvgIpc) is 3.26. The highest BCUT2D eigenvalue weighted by atomic mass is 32.1. The summed E-state index contributed by atoms with van der Waals surface area (Å²) < 4.78 is 0. The largest absolute Gasteiger partial charge is 0.481 e. The smallest absolute Gasteiger partial charge is 0.304 e. The van der Waals surface area contributed by atoms with Gasteiger partial charge in [0.2, 0.25) is 5.91 Å². The summed E-state index contributed by atoms with van der Waals surface area (Å²) in [6, 6.07) is 17.6. The summed E-state index contributed by atoms with van der Waals surface area (Å²) in [6.07, 6.45) is -0.168. The Morgan fingerprint density at radius 2 is 1.76 bits per heavy atom. The summed E-state index contributed by atoms with van der Waals surface area (Å²) in [5.41, 5.74) is 7.72. The van der Waals surface area contributed by atoms with Gasteiger partial charge in [-0.3, -0.25) is 24.7 Å². The molecule has 168 valence electrons. The number of amides is 2. The van der Waals surface area contributed by atoms with Crippen LogP contribution in [0.5, 0.6) is 0 Å². The van der Waals surface area contributed by atoms with Gasteiger partial charge in [0.15, 0.2) is 0 Å². The van der Waals surface area contributed by atoms with Crippen LogP contribution in [-0.4, -0.2) is 35.3 Å². The number of benzene rings is 2. The number of anilines is 1. The van der Waals surface area contributed by atoms with E-state index in [1.165, 1.54) is 16.2 Å². The minimum absolute atomic E-state index is 0.0288. The Morgan fingerprint density at radius 1 is 1.06 bits per heavy atom. The summed E-state index contributed by atoms with van der Waals surface area (Å²) in [5, 5.41) is 19.8. The molecule has 0 spiro atoms. The zero-order valence-electron chi connectivity index (χ0n) is 17.6. The van der Waals surface area contributed by atoms with Gasteiger partial charge in [0.1, 0.15) is 12.4 Å². The number of para-hydroxylation sites is 1. The van der Waals surface area contributed by atoms with Gasteiger partial charge in [0.25, 0.3) is 5.91 Å².